The van der Waals surface area contributed by atoms with Crippen molar-refractivity contribution in [3.05, 3.63) is 46.1 Å². The Kier molecular flexibility index (Phi) is 6.28. The highest BCUT2D eigenvalue weighted by atomic mass is 32.2. The highest BCUT2D eigenvalue weighted by Crippen LogP contribution is 2.30. The first-order valence-corrected chi connectivity index (χ1v) is 10.5. The summed E-state index contributed by atoms with van der Waals surface area (Å²) < 4.78 is 5.68. The van der Waals surface area contributed by atoms with Crippen molar-refractivity contribution in [3.8, 4) is 10.8 Å². The normalized spacial score (nSPS) is 11.0. The van der Waals surface area contributed by atoms with Crippen LogP contribution in [0, 0.1) is 13.8 Å². The monoisotopic (exact) mass is 402 g/mol. The van der Waals surface area contributed by atoms with Crippen molar-refractivity contribution in [3.63, 3.8) is 0 Å². The van der Waals surface area contributed by atoms with Gasteiger partial charge in [0, 0.05) is 13.6 Å². The first-order chi connectivity index (χ1) is 13.0. The number of hydrogen-bond acceptors (Lipinski definition) is 7. The molecular formula is C19H22N4O2S2. The molecular weight excluding hydrogens is 380 g/mol. The van der Waals surface area contributed by atoms with Crippen LogP contribution in [0.4, 0.5) is 0 Å². The molecule has 2 heterocycles. The Hall–Kier alpha value is -2.19. The minimum Gasteiger partial charge on any atom is -0.410 e. The van der Waals surface area contributed by atoms with Crippen LogP contribution in [0.25, 0.3) is 10.8 Å². The lowest BCUT2D eigenvalue weighted by molar-refractivity contribution is -0.127. The lowest BCUT2D eigenvalue weighted by Crippen LogP contribution is -2.27. The van der Waals surface area contributed by atoms with Crippen molar-refractivity contribution >= 4 is 29.0 Å². The maximum absolute atomic E-state index is 12.4. The van der Waals surface area contributed by atoms with E-state index < -0.39 is 0 Å². The minimum absolute atomic E-state index is 0.0177. The van der Waals surface area contributed by atoms with Gasteiger partial charge < -0.3 is 9.32 Å². The van der Waals surface area contributed by atoms with Gasteiger partial charge in [0.1, 0.15) is 4.88 Å². The van der Waals surface area contributed by atoms with Crippen LogP contribution in [0.5, 0.6) is 0 Å². The summed E-state index contributed by atoms with van der Waals surface area (Å²) in [6.07, 6.45) is 1.01. The van der Waals surface area contributed by atoms with Crippen LogP contribution in [0.2, 0.25) is 0 Å². The number of aryl methyl sites for hydroxylation is 3. The fourth-order valence-corrected chi connectivity index (χ4v) is 4.11. The molecule has 0 aliphatic heterocycles. The van der Waals surface area contributed by atoms with Gasteiger partial charge in [0.05, 0.1) is 16.5 Å². The number of hydrogen-bond donors (Lipinski definition) is 0. The molecule has 0 atom stereocenters. The topological polar surface area (TPSA) is 72.1 Å². The summed E-state index contributed by atoms with van der Waals surface area (Å²) in [6.45, 7) is 6.57. The second-order valence-electron chi connectivity index (χ2n) is 6.23. The average Bonchev–Trinajstić information content (AvgIpc) is 3.26. The molecule has 6 nitrogen and oxygen atoms in total. The van der Waals surface area contributed by atoms with Gasteiger partial charge in [0.15, 0.2) is 0 Å². The van der Waals surface area contributed by atoms with Gasteiger partial charge in [-0.1, -0.05) is 43.0 Å². The maximum Gasteiger partial charge on any atom is 0.277 e. The molecule has 3 rings (SSSR count). The molecule has 0 unspecified atom stereocenters. The zero-order valence-corrected chi connectivity index (χ0v) is 17.5. The molecule has 0 saturated heterocycles. The molecule has 3 aromatic rings. The molecule has 0 aliphatic carbocycles. The maximum atomic E-state index is 12.4. The highest BCUT2D eigenvalue weighted by Gasteiger charge is 2.17. The Morgan fingerprint density at radius 3 is 2.52 bits per heavy atom. The van der Waals surface area contributed by atoms with Crippen LogP contribution in [0.3, 0.4) is 0 Å². The molecule has 2 aromatic heterocycles. The summed E-state index contributed by atoms with van der Waals surface area (Å²) >= 11 is 2.78. The lowest BCUT2D eigenvalue weighted by Gasteiger charge is -2.16. The standard InChI is InChI=1S/C19H22N4O2S2/c1-5-14-6-8-15(9-7-14)10-23(4)16(24)11-26-19-22-21-18(25-19)17-12(2)20-13(3)27-17/h6-9H,5,10-11H2,1-4H3. The largest absolute Gasteiger partial charge is 0.410 e. The fraction of sp³-hybridized carbons (Fsp3) is 0.368. The van der Waals surface area contributed by atoms with Crippen molar-refractivity contribution in [2.75, 3.05) is 12.8 Å². The zero-order chi connectivity index (χ0) is 19.4. The summed E-state index contributed by atoms with van der Waals surface area (Å²) in [5.74, 6) is 0.729. The minimum atomic E-state index is 0.0177. The molecule has 1 aromatic carbocycles. The van der Waals surface area contributed by atoms with Gasteiger partial charge in [-0.05, 0) is 31.4 Å². The van der Waals surface area contributed by atoms with Crippen molar-refractivity contribution < 1.29 is 9.21 Å². The van der Waals surface area contributed by atoms with Crippen LogP contribution < -0.4 is 0 Å². The Balaban J connectivity index is 1.54. The molecule has 8 heteroatoms. The number of rotatable bonds is 7. The van der Waals surface area contributed by atoms with E-state index in [1.807, 2.05) is 13.8 Å². The second-order valence-corrected chi connectivity index (χ2v) is 8.36. The van der Waals surface area contributed by atoms with Crippen LogP contribution in [-0.4, -0.2) is 38.8 Å². The molecule has 0 radical (unpaired) electrons. The van der Waals surface area contributed by atoms with Gasteiger partial charge in [0.2, 0.25) is 5.91 Å². The third-order valence-corrected chi connectivity index (χ3v) is 5.96. The van der Waals surface area contributed by atoms with Crippen molar-refractivity contribution in [2.45, 2.75) is 39.0 Å². The molecule has 27 heavy (non-hydrogen) atoms. The highest BCUT2D eigenvalue weighted by molar-refractivity contribution is 7.99. The van der Waals surface area contributed by atoms with Gasteiger partial charge in [-0.2, -0.15) is 0 Å². The summed E-state index contributed by atoms with van der Waals surface area (Å²) in [6, 6.07) is 8.34. The molecule has 142 valence electrons. The SMILES string of the molecule is CCc1ccc(CN(C)C(=O)CSc2nnc(-c3sc(C)nc3C)o2)cc1. The van der Waals surface area contributed by atoms with Crippen LogP contribution in [0.15, 0.2) is 33.9 Å². The number of amides is 1. The molecule has 0 N–H and O–H groups in total. The quantitative estimate of drug-likeness (QED) is 0.554. The van der Waals surface area contributed by atoms with E-state index in [0.717, 1.165) is 27.6 Å². The number of carbonyl (C=O) groups excluding carboxylic acids is 1. The van der Waals surface area contributed by atoms with Crippen LogP contribution >= 0.6 is 23.1 Å². The fourth-order valence-electron chi connectivity index (χ4n) is 2.57. The number of thiazole rings is 1. The zero-order valence-electron chi connectivity index (χ0n) is 15.9. The number of thioether (sulfide) groups is 1. The molecule has 0 spiro atoms. The van der Waals surface area contributed by atoms with E-state index in [4.69, 9.17) is 4.42 Å². The smallest absolute Gasteiger partial charge is 0.277 e. The van der Waals surface area contributed by atoms with Crippen LogP contribution in [0.1, 0.15) is 28.8 Å². The molecule has 0 saturated carbocycles. The van der Waals surface area contributed by atoms with E-state index in [9.17, 15) is 4.79 Å². The van der Waals surface area contributed by atoms with E-state index >= 15 is 0 Å². The predicted octanol–water partition coefficient (Wildman–Crippen LogP) is 4.12. The number of aromatic nitrogens is 3. The molecule has 0 aliphatic rings. The summed E-state index contributed by atoms with van der Waals surface area (Å²) in [5.41, 5.74) is 3.29. The number of benzene rings is 1. The van der Waals surface area contributed by atoms with Gasteiger partial charge >= 0.3 is 0 Å². The van der Waals surface area contributed by atoms with E-state index in [-0.39, 0.29) is 11.7 Å². The predicted molar refractivity (Wildman–Crippen MR) is 108 cm³/mol. The van der Waals surface area contributed by atoms with E-state index in [0.29, 0.717) is 17.7 Å². The Bertz CT molecular complexity index is 918. The van der Waals surface area contributed by atoms with Crippen LogP contribution in [-0.2, 0) is 17.8 Å². The number of nitrogens with zero attached hydrogens (tertiary/aromatic N) is 4. The Labute approximate surface area is 167 Å². The Morgan fingerprint density at radius 1 is 1.19 bits per heavy atom. The summed E-state index contributed by atoms with van der Waals surface area (Å²) in [7, 11) is 1.80. The van der Waals surface area contributed by atoms with Gasteiger partial charge in [-0.25, -0.2) is 4.98 Å². The molecule has 0 bridgehead atoms. The van der Waals surface area contributed by atoms with E-state index in [2.05, 4.69) is 46.4 Å². The van der Waals surface area contributed by atoms with E-state index in [1.54, 1.807) is 11.9 Å². The average molecular weight is 403 g/mol. The van der Waals surface area contributed by atoms with E-state index in [1.165, 1.54) is 28.7 Å². The third-order valence-electron chi connectivity index (χ3n) is 4.10. The first-order valence-electron chi connectivity index (χ1n) is 8.68. The molecule has 0 fully saturated rings. The van der Waals surface area contributed by atoms with Gasteiger partial charge in [0.25, 0.3) is 11.1 Å². The summed E-state index contributed by atoms with van der Waals surface area (Å²) in [5, 5.41) is 9.46. The van der Waals surface area contributed by atoms with Gasteiger partial charge in [-0.3, -0.25) is 4.79 Å². The van der Waals surface area contributed by atoms with Crippen molar-refractivity contribution in [1.29, 1.82) is 0 Å². The third kappa shape index (κ3) is 4.95. The van der Waals surface area contributed by atoms with Crippen molar-refractivity contribution in [1.82, 2.24) is 20.1 Å². The number of carbonyl (C=O) groups is 1. The summed E-state index contributed by atoms with van der Waals surface area (Å²) in [4.78, 5) is 19.3. The van der Waals surface area contributed by atoms with Gasteiger partial charge in [-0.15, -0.1) is 21.5 Å². The lowest BCUT2D eigenvalue weighted by atomic mass is 10.1. The molecule has 1 amide bonds. The first kappa shape index (κ1) is 19.6. The Morgan fingerprint density at radius 2 is 1.89 bits per heavy atom. The van der Waals surface area contributed by atoms with Crippen molar-refractivity contribution in [2.24, 2.45) is 0 Å². The second kappa shape index (κ2) is 8.67.